The number of carbonyl (C=O) groups excluding carboxylic acids is 1. The summed E-state index contributed by atoms with van der Waals surface area (Å²) in [6.07, 6.45) is 5.97. The molecule has 1 aromatic heterocycles. The van der Waals surface area contributed by atoms with E-state index in [1.54, 1.807) is 6.07 Å². The molecule has 1 heterocycles. The molecule has 1 saturated carbocycles. The van der Waals surface area contributed by atoms with Crippen LogP contribution in [0.2, 0.25) is 0 Å². The molecule has 0 spiro atoms. The molecular formula is C27H31N5O4. The second kappa shape index (κ2) is 11.7. The first kappa shape index (κ1) is 25.2. The van der Waals surface area contributed by atoms with Gasteiger partial charge in [0.25, 0.3) is 0 Å². The molecule has 188 valence electrons. The van der Waals surface area contributed by atoms with Crippen LogP contribution in [-0.4, -0.2) is 39.4 Å². The van der Waals surface area contributed by atoms with Crippen molar-refractivity contribution in [3.05, 3.63) is 75.5 Å². The number of aliphatic hydroxyl groups excluding tert-OH is 1. The van der Waals surface area contributed by atoms with Gasteiger partial charge in [-0.3, -0.25) is 14.9 Å². The number of nitrogens with zero attached hydrogens (tertiary/aromatic N) is 3. The molecule has 9 nitrogen and oxygen atoms in total. The lowest BCUT2D eigenvalue weighted by Crippen LogP contribution is -2.23. The van der Waals surface area contributed by atoms with Crippen molar-refractivity contribution in [2.45, 2.75) is 39.2 Å². The number of benzene rings is 2. The first-order chi connectivity index (χ1) is 17.5. The van der Waals surface area contributed by atoms with Gasteiger partial charge >= 0.3 is 5.69 Å². The van der Waals surface area contributed by atoms with Crippen LogP contribution in [0.25, 0.3) is 11.1 Å². The summed E-state index contributed by atoms with van der Waals surface area (Å²) in [4.78, 5) is 30.8. The highest BCUT2D eigenvalue weighted by Crippen LogP contribution is 2.30. The topological polar surface area (TPSA) is 130 Å². The van der Waals surface area contributed by atoms with Crippen LogP contribution in [0.3, 0.4) is 0 Å². The molecule has 1 aliphatic carbocycles. The van der Waals surface area contributed by atoms with Crippen molar-refractivity contribution >= 4 is 23.7 Å². The van der Waals surface area contributed by atoms with E-state index in [2.05, 4.69) is 20.6 Å². The van der Waals surface area contributed by atoms with Gasteiger partial charge in [-0.15, -0.1) is 0 Å². The van der Waals surface area contributed by atoms with E-state index < -0.39 is 4.92 Å². The van der Waals surface area contributed by atoms with Gasteiger partial charge in [0.15, 0.2) is 0 Å². The Morgan fingerprint density at radius 1 is 1.11 bits per heavy atom. The number of nitro groups is 1. The van der Waals surface area contributed by atoms with Gasteiger partial charge in [-0.1, -0.05) is 36.4 Å². The Bertz CT molecular complexity index is 1220. The Morgan fingerprint density at radius 2 is 1.86 bits per heavy atom. The zero-order valence-electron chi connectivity index (χ0n) is 20.3. The first-order valence-electron chi connectivity index (χ1n) is 12.2. The minimum absolute atomic E-state index is 0.155. The monoisotopic (exact) mass is 489 g/mol. The molecule has 0 atom stereocenters. The number of carbonyl (C=O) groups is 1. The lowest BCUT2D eigenvalue weighted by molar-refractivity contribution is -0.384. The van der Waals surface area contributed by atoms with Crippen molar-refractivity contribution in [2.24, 2.45) is 11.8 Å². The normalized spacial score (nSPS) is 17.4. The van der Waals surface area contributed by atoms with Gasteiger partial charge in [0.2, 0.25) is 11.8 Å². The fraction of sp³-hybridized carbons (Fsp3) is 0.370. The van der Waals surface area contributed by atoms with E-state index in [1.165, 1.54) is 6.20 Å². The third-order valence-electron chi connectivity index (χ3n) is 6.97. The van der Waals surface area contributed by atoms with Crippen molar-refractivity contribution < 1.29 is 14.8 Å². The maximum Gasteiger partial charge on any atom is 0.329 e. The molecule has 0 amide bonds. The molecule has 3 aromatic rings. The maximum absolute atomic E-state index is 11.5. The highest BCUT2D eigenvalue weighted by molar-refractivity contribution is 5.79. The Labute approximate surface area is 210 Å². The number of rotatable bonds is 10. The molecule has 1 aliphatic rings. The van der Waals surface area contributed by atoms with E-state index in [9.17, 15) is 20.0 Å². The lowest BCUT2D eigenvalue weighted by Gasteiger charge is -2.27. The quantitative estimate of drug-likeness (QED) is 0.206. The van der Waals surface area contributed by atoms with Gasteiger partial charge in [0.1, 0.15) is 12.5 Å². The lowest BCUT2D eigenvalue weighted by atomic mass is 9.82. The molecule has 2 aromatic carbocycles. The minimum Gasteiger partial charge on any atom is -0.396 e. The number of anilines is 2. The summed E-state index contributed by atoms with van der Waals surface area (Å²) in [7, 11) is 0. The predicted molar refractivity (Wildman–Crippen MR) is 139 cm³/mol. The predicted octanol–water partition coefficient (Wildman–Crippen LogP) is 5.00. The number of aromatic nitrogens is 2. The van der Waals surface area contributed by atoms with Crippen molar-refractivity contribution in [1.82, 2.24) is 9.97 Å². The molecule has 0 saturated heterocycles. The standard InChI is InChI=1S/C27H31N5O4/c1-18-23(6-3-7-24(18)22-5-2-4-21(12-22)17-34)14-29-27-30-15-25(32(35)36)26(31-27)28-13-19-8-10-20(16-33)11-9-19/h2-7,12,15,17,19-20,33H,8-11,13-14,16H2,1H3,(H2,28,29,30,31)/t19-,20-. The second-order valence-corrected chi connectivity index (χ2v) is 9.32. The molecule has 3 N–H and O–H groups in total. The average Bonchev–Trinajstić information content (AvgIpc) is 2.91. The van der Waals surface area contributed by atoms with Crippen LogP contribution in [0, 0.1) is 28.9 Å². The van der Waals surface area contributed by atoms with Crippen LogP contribution in [0.4, 0.5) is 17.5 Å². The maximum atomic E-state index is 11.5. The van der Waals surface area contributed by atoms with Crippen molar-refractivity contribution in [3.8, 4) is 11.1 Å². The van der Waals surface area contributed by atoms with Crippen LogP contribution in [0.15, 0.2) is 48.7 Å². The number of aliphatic hydroxyl groups is 1. The fourth-order valence-corrected chi connectivity index (χ4v) is 4.73. The summed E-state index contributed by atoms with van der Waals surface area (Å²) in [5.41, 5.74) is 4.55. The second-order valence-electron chi connectivity index (χ2n) is 9.32. The first-order valence-corrected chi connectivity index (χ1v) is 12.2. The van der Waals surface area contributed by atoms with Gasteiger partial charge in [-0.05, 0) is 72.8 Å². The largest absolute Gasteiger partial charge is 0.396 e. The van der Waals surface area contributed by atoms with Crippen LogP contribution in [-0.2, 0) is 6.54 Å². The van der Waals surface area contributed by atoms with Gasteiger partial charge in [0, 0.05) is 25.3 Å². The van der Waals surface area contributed by atoms with E-state index in [0.717, 1.165) is 54.2 Å². The van der Waals surface area contributed by atoms with Crippen molar-refractivity contribution in [3.63, 3.8) is 0 Å². The van der Waals surface area contributed by atoms with Gasteiger partial charge in [-0.25, -0.2) is 4.98 Å². The highest BCUT2D eigenvalue weighted by Gasteiger charge is 2.23. The molecule has 1 fully saturated rings. The summed E-state index contributed by atoms with van der Waals surface area (Å²) in [6.45, 7) is 3.28. The molecule has 0 aliphatic heterocycles. The summed E-state index contributed by atoms with van der Waals surface area (Å²) in [5.74, 6) is 1.26. The van der Waals surface area contributed by atoms with E-state index in [4.69, 9.17) is 0 Å². The van der Waals surface area contributed by atoms with E-state index in [-0.39, 0.29) is 18.1 Å². The highest BCUT2D eigenvalue weighted by atomic mass is 16.6. The van der Waals surface area contributed by atoms with E-state index in [0.29, 0.717) is 36.4 Å². The number of nitrogens with one attached hydrogen (secondary N) is 2. The van der Waals surface area contributed by atoms with Crippen molar-refractivity contribution in [2.75, 3.05) is 23.8 Å². The number of hydrogen-bond acceptors (Lipinski definition) is 8. The molecule has 9 heteroatoms. The van der Waals surface area contributed by atoms with Crippen LogP contribution in [0.1, 0.15) is 47.2 Å². The Balaban J connectivity index is 1.46. The average molecular weight is 490 g/mol. The number of hydrogen-bond donors (Lipinski definition) is 3. The zero-order valence-corrected chi connectivity index (χ0v) is 20.3. The van der Waals surface area contributed by atoms with Crippen LogP contribution in [0.5, 0.6) is 0 Å². The smallest absolute Gasteiger partial charge is 0.329 e. The van der Waals surface area contributed by atoms with Gasteiger partial charge in [-0.2, -0.15) is 4.98 Å². The van der Waals surface area contributed by atoms with Crippen molar-refractivity contribution in [1.29, 1.82) is 0 Å². The van der Waals surface area contributed by atoms with Crippen LogP contribution >= 0.6 is 0 Å². The molecule has 0 bridgehead atoms. The Hall–Kier alpha value is -3.85. The fourth-order valence-electron chi connectivity index (χ4n) is 4.73. The SMILES string of the molecule is Cc1c(CNc2ncc([N+](=O)[O-])c(NC[C@H]3CC[C@H](CO)CC3)n2)cccc1-c1cccc(C=O)c1. The Morgan fingerprint density at radius 3 is 2.58 bits per heavy atom. The van der Waals surface area contributed by atoms with E-state index in [1.807, 2.05) is 43.3 Å². The summed E-state index contributed by atoms with van der Waals surface area (Å²) >= 11 is 0. The summed E-state index contributed by atoms with van der Waals surface area (Å²) in [5, 5.41) is 27.2. The third kappa shape index (κ3) is 6.04. The molecule has 4 rings (SSSR count). The van der Waals surface area contributed by atoms with Gasteiger partial charge in [0.05, 0.1) is 4.92 Å². The molecule has 0 radical (unpaired) electrons. The molecule has 36 heavy (non-hydrogen) atoms. The minimum atomic E-state index is -0.476. The van der Waals surface area contributed by atoms with Crippen LogP contribution < -0.4 is 10.6 Å². The molecular weight excluding hydrogens is 458 g/mol. The summed E-state index contributed by atoms with van der Waals surface area (Å²) in [6, 6.07) is 13.4. The van der Waals surface area contributed by atoms with Gasteiger partial charge < -0.3 is 15.7 Å². The summed E-state index contributed by atoms with van der Waals surface area (Å²) < 4.78 is 0. The van der Waals surface area contributed by atoms with E-state index >= 15 is 0 Å². The Kier molecular flexibility index (Phi) is 8.22. The molecule has 0 unspecified atom stereocenters. The zero-order chi connectivity index (χ0) is 25.5. The third-order valence-corrected chi connectivity index (χ3v) is 6.97. The number of aldehydes is 1.